The second kappa shape index (κ2) is 9.54. The number of nitriles is 1. The van der Waals surface area contributed by atoms with Crippen LogP contribution < -0.4 is 10.2 Å². The van der Waals surface area contributed by atoms with Crippen LogP contribution >= 0.6 is 15.9 Å². The molecule has 3 rings (SSSR count). The number of rotatable bonds is 6. The van der Waals surface area contributed by atoms with Crippen LogP contribution in [-0.4, -0.2) is 5.91 Å². The van der Waals surface area contributed by atoms with E-state index in [9.17, 15) is 10.1 Å². The Balaban J connectivity index is 1.87. The Bertz CT molecular complexity index is 994. The lowest BCUT2D eigenvalue weighted by atomic mass is 10.2. The van der Waals surface area contributed by atoms with Crippen molar-refractivity contribution in [3.63, 3.8) is 0 Å². The maximum atomic E-state index is 12.6. The molecule has 0 aliphatic heterocycles. The minimum absolute atomic E-state index is 0.0303. The molecular weight excluding hydrogens is 414 g/mol. The average molecular weight is 432 g/mol. The van der Waals surface area contributed by atoms with Gasteiger partial charge in [0.15, 0.2) is 0 Å². The predicted molar refractivity (Wildman–Crippen MR) is 116 cm³/mol. The van der Waals surface area contributed by atoms with Gasteiger partial charge in [-0.05, 0) is 42.0 Å². The molecule has 0 saturated heterocycles. The van der Waals surface area contributed by atoms with Crippen LogP contribution in [-0.2, 0) is 11.3 Å². The Kier molecular flexibility index (Phi) is 6.61. The highest BCUT2D eigenvalue weighted by Gasteiger charge is 2.13. The summed E-state index contributed by atoms with van der Waals surface area (Å²) < 4.78 is 0.916. The van der Waals surface area contributed by atoms with Crippen molar-refractivity contribution in [3.05, 3.63) is 107 Å². The van der Waals surface area contributed by atoms with Crippen LogP contribution in [0.4, 0.5) is 11.4 Å². The van der Waals surface area contributed by atoms with E-state index in [2.05, 4.69) is 21.2 Å². The van der Waals surface area contributed by atoms with Crippen molar-refractivity contribution in [3.8, 4) is 6.07 Å². The Morgan fingerprint density at radius 2 is 1.57 bits per heavy atom. The van der Waals surface area contributed by atoms with Gasteiger partial charge in [0.05, 0.1) is 0 Å². The number of halogens is 1. The number of carbonyl (C=O) groups excluding carboxylic acids is 1. The summed E-state index contributed by atoms with van der Waals surface area (Å²) in [7, 11) is 0. The molecule has 1 N–H and O–H groups in total. The van der Waals surface area contributed by atoms with Gasteiger partial charge in [0.25, 0.3) is 5.91 Å². The summed E-state index contributed by atoms with van der Waals surface area (Å²) in [5.74, 6) is -0.446. The van der Waals surface area contributed by atoms with E-state index < -0.39 is 5.91 Å². The smallest absolute Gasteiger partial charge is 0.267 e. The first-order valence-corrected chi connectivity index (χ1v) is 9.49. The summed E-state index contributed by atoms with van der Waals surface area (Å²) in [6.07, 6.45) is 1.59. The predicted octanol–water partition coefficient (Wildman–Crippen LogP) is 5.50. The molecule has 3 aromatic carbocycles. The third-order valence-electron chi connectivity index (χ3n) is 4.04. The topological polar surface area (TPSA) is 56.1 Å². The van der Waals surface area contributed by atoms with Gasteiger partial charge in [0.2, 0.25) is 0 Å². The fraction of sp³-hybridized carbons (Fsp3) is 0.0435. The maximum Gasteiger partial charge on any atom is 0.267 e. The van der Waals surface area contributed by atoms with Crippen molar-refractivity contribution in [1.82, 2.24) is 0 Å². The molecule has 4 nitrogen and oxygen atoms in total. The molecule has 0 spiro atoms. The van der Waals surface area contributed by atoms with Crippen LogP contribution in [0.25, 0.3) is 0 Å². The van der Waals surface area contributed by atoms with E-state index in [1.165, 1.54) is 0 Å². The van der Waals surface area contributed by atoms with E-state index in [1.807, 2.05) is 83.8 Å². The lowest BCUT2D eigenvalue weighted by Crippen LogP contribution is -2.20. The first-order chi connectivity index (χ1) is 13.7. The van der Waals surface area contributed by atoms with Crippen molar-refractivity contribution < 1.29 is 4.79 Å². The Labute approximate surface area is 172 Å². The molecule has 0 aliphatic rings. The second-order valence-electron chi connectivity index (χ2n) is 6.06. The third-order valence-corrected chi connectivity index (χ3v) is 4.56. The first kappa shape index (κ1) is 19.4. The monoisotopic (exact) mass is 431 g/mol. The van der Waals surface area contributed by atoms with Crippen LogP contribution in [0.2, 0.25) is 0 Å². The number of amides is 1. The highest BCUT2D eigenvalue weighted by atomic mass is 79.9. The van der Waals surface area contributed by atoms with E-state index in [4.69, 9.17) is 0 Å². The molecule has 0 heterocycles. The fourth-order valence-electron chi connectivity index (χ4n) is 2.64. The summed E-state index contributed by atoms with van der Waals surface area (Å²) >= 11 is 3.36. The number of benzene rings is 3. The van der Waals surface area contributed by atoms with Crippen LogP contribution in [0.15, 0.2) is 101 Å². The maximum absolute atomic E-state index is 12.6. The summed E-state index contributed by atoms with van der Waals surface area (Å²) in [5.41, 5.74) is 2.63. The number of hydrogen-bond acceptors (Lipinski definition) is 3. The van der Waals surface area contributed by atoms with E-state index in [-0.39, 0.29) is 5.57 Å². The molecule has 28 heavy (non-hydrogen) atoms. The Morgan fingerprint density at radius 1 is 0.964 bits per heavy atom. The Hall–Kier alpha value is -3.36. The summed E-state index contributed by atoms with van der Waals surface area (Å²) in [5, 5.41) is 12.3. The number of nitrogens with zero attached hydrogens (tertiary/aromatic N) is 2. The third kappa shape index (κ3) is 5.32. The zero-order valence-electron chi connectivity index (χ0n) is 15.0. The van der Waals surface area contributed by atoms with Crippen LogP contribution in [0.5, 0.6) is 0 Å². The van der Waals surface area contributed by atoms with Gasteiger partial charge in [-0.25, -0.2) is 0 Å². The van der Waals surface area contributed by atoms with Gasteiger partial charge in [0.1, 0.15) is 11.6 Å². The summed E-state index contributed by atoms with van der Waals surface area (Å²) in [6.45, 7) is 0.543. The molecule has 0 saturated carbocycles. The summed E-state index contributed by atoms with van der Waals surface area (Å²) in [6, 6.07) is 28.8. The molecule has 138 valence electrons. The van der Waals surface area contributed by atoms with Crippen molar-refractivity contribution in [1.29, 1.82) is 5.26 Å². The van der Waals surface area contributed by atoms with Crippen molar-refractivity contribution in [2.45, 2.75) is 6.54 Å². The SMILES string of the molecule is N#C/C(=C/N(Cc1ccccc1)c1ccccc1)C(=O)Nc1ccc(Br)cc1. The van der Waals surface area contributed by atoms with E-state index in [1.54, 1.807) is 18.3 Å². The molecule has 0 aliphatic carbocycles. The highest BCUT2D eigenvalue weighted by Crippen LogP contribution is 2.19. The highest BCUT2D eigenvalue weighted by molar-refractivity contribution is 9.10. The molecule has 0 fully saturated rings. The quantitative estimate of drug-likeness (QED) is 0.413. The lowest BCUT2D eigenvalue weighted by Gasteiger charge is -2.21. The zero-order chi connectivity index (χ0) is 19.8. The van der Waals surface area contributed by atoms with Gasteiger partial charge in [0, 0.05) is 28.6 Å². The van der Waals surface area contributed by atoms with Gasteiger partial charge >= 0.3 is 0 Å². The van der Waals surface area contributed by atoms with E-state index in [0.29, 0.717) is 12.2 Å². The van der Waals surface area contributed by atoms with Crippen LogP contribution in [0.1, 0.15) is 5.56 Å². The molecule has 1 amide bonds. The zero-order valence-corrected chi connectivity index (χ0v) is 16.6. The normalized spacial score (nSPS) is 10.8. The Morgan fingerprint density at radius 3 is 2.18 bits per heavy atom. The van der Waals surface area contributed by atoms with Gasteiger partial charge in [-0.2, -0.15) is 5.26 Å². The number of hydrogen-bond donors (Lipinski definition) is 1. The lowest BCUT2D eigenvalue weighted by molar-refractivity contribution is -0.112. The van der Waals surface area contributed by atoms with Crippen LogP contribution in [0, 0.1) is 11.3 Å². The summed E-state index contributed by atoms with van der Waals surface area (Å²) in [4.78, 5) is 14.5. The molecular formula is C23H18BrN3O. The van der Waals surface area contributed by atoms with Crippen molar-refractivity contribution >= 4 is 33.2 Å². The number of nitrogens with one attached hydrogen (secondary N) is 1. The standard InChI is InChI=1S/C23H18BrN3O/c24-20-11-13-21(14-12-20)26-23(28)19(15-25)17-27(22-9-5-2-6-10-22)16-18-7-3-1-4-8-18/h1-14,17H,16H2,(H,26,28)/b19-17-. The van der Waals surface area contributed by atoms with Gasteiger partial charge in [-0.1, -0.05) is 64.5 Å². The van der Waals surface area contributed by atoms with Gasteiger partial charge < -0.3 is 10.2 Å². The van der Waals surface area contributed by atoms with E-state index in [0.717, 1.165) is 15.7 Å². The van der Waals surface area contributed by atoms with E-state index >= 15 is 0 Å². The van der Waals surface area contributed by atoms with Gasteiger partial charge in [-0.3, -0.25) is 4.79 Å². The second-order valence-corrected chi connectivity index (χ2v) is 6.98. The molecule has 5 heteroatoms. The largest absolute Gasteiger partial charge is 0.342 e. The molecule has 0 radical (unpaired) electrons. The minimum atomic E-state index is -0.446. The molecule has 3 aromatic rings. The van der Waals surface area contributed by atoms with Crippen molar-refractivity contribution in [2.75, 3.05) is 10.2 Å². The minimum Gasteiger partial charge on any atom is -0.342 e. The average Bonchev–Trinajstić information content (AvgIpc) is 2.74. The molecule has 0 atom stereocenters. The molecule has 0 aromatic heterocycles. The number of anilines is 2. The fourth-order valence-corrected chi connectivity index (χ4v) is 2.90. The van der Waals surface area contributed by atoms with Crippen LogP contribution in [0.3, 0.4) is 0 Å². The number of para-hydroxylation sites is 1. The molecule has 0 bridgehead atoms. The van der Waals surface area contributed by atoms with Crippen molar-refractivity contribution in [2.24, 2.45) is 0 Å². The first-order valence-electron chi connectivity index (χ1n) is 8.70. The number of carbonyl (C=O) groups is 1. The molecule has 0 unspecified atom stereocenters. The van der Waals surface area contributed by atoms with Gasteiger partial charge in [-0.15, -0.1) is 0 Å².